The Labute approximate surface area is 201 Å². The van der Waals surface area contributed by atoms with Gasteiger partial charge in [0.25, 0.3) is 0 Å². The Morgan fingerprint density at radius 1 is 1.16 bits per heavy atom. The van der Waals surface area contributed by atoms with Crippen molar-refractivity contribution in [3.63, 3.8) is 0 Å². The first-order valence-electron chi connectivity index (χ1n) is 11.7. The van der Waals surface area contributed by atoms with E-state index in [1.165, 1.54) is 5.56 Å². The molecule has 0 atom stereocenters. The molecule has 1 aromatic carbocycles. The number of halogens is 1. The summed E-state index contributed by atoms with van der Waals surface area (Å²) in [6.45, 7) is 11.7. The van der Waals surface area contributed by atoms with Gasteiger partial charge in [0, 0.05) is 14.2 Å². The minimum absolute atomic E-state index is 0.363. The zero-order valence-corrected chi connectivity index (χ0v) is 22.2. The van der Waals surface area contributed by atoms with Gasteiger partial charge >= 0.3 is 0 Å². The Bertz CT molecular complexity index is 699. The smallest absolute Gasteiger partial charge is 0.122 e. The zero-order chi connectivity index (χ0) is 24.5. The van der Waals surface area contributed by atoms with Crippen LogP contribution in [0.1, 0.15) is 71.8 Å². The number of nitrogen functional groups attached to an aromatic ring is 1. The van der Waals surface area contributed by atoms with Crippen molar-refractivity contribution in [1.29, 1.82) is 0 Å². The SMILES string of the molecule is CC.CCCC(CCC)c1ccc(Cl)c(N)c1N(C)COC/C(=C\C(C)=C/COC)OC. The largest absolute Gasteiger partial charge is 0.499 e. The number of nitrogens with zero attached hydrogens (tertiary/aromatic N) is 1. The molecule has 184 valence electrons. The quantitative estimate of drug-likeness (QED) is 0.136. The van der Waals surface area contributed by atoms with Crippen molar-refractivity contribution < 1.29 is 14.2 Å². The van der Waals surface area contributed by atoms with Crippen LogP contribution in [0.25, 0.3) is 0 Å². The van der Waals surface area contributed by atoms with E-state index in [0.29, 0.717) is 36.6 Å². The van der Waals surface area contributed by atoms with Gasteiger partial charge in [-0.05, 0) is 49.0 Å². The highest BCUT2D eigenvalue weighted by Gasteiger charge is 2.20. The van der Waals surface area contributed by atoms with Crippen molar-refractivity contribution in [3.8, 4) is 0 Å². The Morgan fingerprint density at radius 2 is 1.78 bits per heavy atom. The van der Waals surface area contributed by atoms with Gasteiger partial charge in [-0.3, -0.25) is 0 Å². The second-order valence-corrected chi connectivity index (χ2v) is 7.97. The molecule has 0 radical (unpaired) electrons. The van der Waals surface area contributed by atoms with Crippen LogP contribution in [0.4, 0.5) is 11.4 Å². The van der Waals surface area contributed by atoms with Crippen molar-refractivity contribution in [3.05, 3.63) is 46.2 Å². The van der Waals surface area contributed by atoms with Crippen LogP contribution >= 0.6 is 11.6 Å². The number of benzene rings is 1. The summed E-state index contributed by atoms with van der Waals surface area (Å²) in [6.07, 6.45) is 8.46. The maximum atomic E-state index is 6.40. The average molecular weight is 469 g/mol. The third-order valence-electron chi connectivity index (χ3n) is 5.04. The van der Waals surface area contributed by atoms with Gasteiger partial charge in [0.15, 0.2) is 0 Å². The predicted molar refractivity (Wildman–Crippen MR) is 140 cm³/mol. The van der Waals surface area contributed by atoms with Crippen molar-refractivity contribution in [2.45, 2.75) is 66.2 Å². The van der Waals surface area contributed by atoms with Crippen LogP contribution in [0, 0.1) is 0 Å². The summed E-state index contributed by atoms with van der Waals surface area (Å²) < 4.78 is 16.4. The first kappa shape index (κ1) is 30.3. The highest BCUT2D eigenvalue weighted by molar-refractivity contribution is 6.33. The van der Waals surface area contributed by atoms with Gasteiger partial charge in [-0.25, -0.2) is 0 Å². The topological polar surface area (TPSA) is 57.0 Å². The molecule has 5 nitrogen and oxygen atoms in total. The molecule has 2 N–H and O–H groups in total. The average Bonchev–Trinajstić information content (AvgIpc) is 2.79. The van der Waals surface area contributed by atoms with Crippen LogP contribution in [0.2, 0.25) is 5.02 Å². The van der Waals surface area contributed by atoms with Gasteiger partial charge in [0.1, 0.15) is 19.1 Å². The summed E-state index contributed by atoms with van der Waals surface area (Å²) >= 11 is 6.36. The number of ether oxygens (including phenoxy) is 3. The highest BCUT2D eigenvalue weighted by atomic mass is 35.5. The standard InChI is InChI=1S/C24H39ClN2O3.C2H6/c1-7-9-19(10-8-2)21-11-12-22(25)23(26)24(21)27(4)17-30-16-20(29-6)15-18(3)13-14-28-5;1-2/h11-13,15,19H,7-10,14,16-17,26H2,1-6H3;1-2H3/b18-13-,20-15+;. The van der Waals surface area contributed by atoms with Gasteiger partial charge in [-0.1, -0.05) is 64.3 Å². The van der Waals surface area contributed by atoms with Gasteiger partial charge < -0.3 is 24.8 Å². The fraction of sp³-hybridized carbons (Fsp3) is 0.615. The molecule has 0 spiro atoms. The van der Waals surface area contributed by atoms with Gasteiger partial charge in [0.2, 0.25) is 0 Å². The van der Waals surface area contributed by atoms with Gasteiger partial charge in [-0.15, -0.1) is 0 Å². The van der Waals surface area contributed by atoms with Crippen molar-refractivity contribution in [2.24, 2.45) is 0 Å². The molecule has 0 unspecified atom stereocenters. The zero-order valence-electron chi connectivity index (χ0n) is 21.5. The maximum absolute atomic E-state index is 6.40. The van der Waals surface area contributed by atoms with Crippen LogP contribution in [-0.2, 0) is 14.2 Å². The number of rotatable bonds is 14. The van der Waals surface area contributed by atoms with Crippen LogP contribution in [0.5, 0.6) is 0 Å². The predicted octanol–water partition coefficient (Wildman–Crippen LogP) is 7.17. The van der Waals surface area contributed by atoms with Crippen LogP contribution < -0.4 is 10.6 Å². The van der Waals surface area contributed by atoms with E-state index in [-0.39, 0.29) is 0 Å². The van der Waals surface area contributed by atoms with E-state index in [4.69, 9.17) is 31.5 Å². The first-order chi connectivity index (χ1) is 15.4. The third kappa shape index (κ3) is 10.3. The lowest BCUT2D eigenvalue weighted by Gasteiger charge is -2.28. The van der Waals surface area contributed by atoms with E-state index in [0.717, 1.165) is 42.7 Å². The Kier molecular flexibility index (Phi) is 16.9. The van der Waals surface area contributed by atoms with E-state index in [9.17, 15) is 0 Å². The van der Waals surface area contributed by atoms with E-state index in [2.05, 4.69) is 19.9 Å². The van der Waals surface area contributed by atoms with Gasteiger partial charge in [0.05, 0.1) is 30.1 Å². The molecule has 0 aliphatic carbocycles. The number of methoxy groups -OCH3 is 2. The van der Waals surface area contributed by atoms with Crippen LogP contribution in [0.3, 0.4) is 0 Å². The summed E-state index contributed by atoms with van der Waals surface area (Å²) in [7, 11) is 5.31. The lowest BCUT2D eigenvalue weighted by atomic mass is 9.88. The molecule has 0 fully saturated rings. The minimum Gasteiger partial charge on any atom is -0.499 e. The summed E-state index contributed by atoms with van der Waals surface area (Å²) in [5.74, 6) is 1.21. The van der Waals surface area contributed by atoms with Crippen molar-refractivity contribution in [2.75, 3.05) is 51.8 Å². The molecule has 0 bridgehead atoms. The third-order valence-corrected chi connectivity index (χ3v) is 5.37. The minimum atomic E-state index is 0.363. The molecular weight excluding hydrogens is 424 g/mol. The molecule has 1 aromatic rings. The number of allylic oxidation sites excluding steroid dienone is 2. The maximum Gasteiger partial charge on any atom is 0.122 e. The van der Waals surface area contributed by atoms with E-state index in [1.807, 2.05) is 50.9 Å². The normalized spacial score (nSPS) is 11.9. The molecule has 0 aliphatic rings. The number of hydrogen-bond acceptors (Lipinski definition) is 5. The molecule has 0 aromatic heterocycles. The first-order valence-corrected chi connectivity index (χ1v) is 12.0. The molecule has 0 aliphatic heterocycles. The lowest BCUT2D eigenvalue weighted by molar-refractivity contribution is 0.116. The summed E-state index contributed by atoms with van der Waals surface area (Å²) in [5.41, 5.74) is 10.3. The van der Waals surface area contributed by atoms with E-state index < -0.39 is 0 Å². The summed E-state index contributed by atoms with van der Waals surface area (Å²) in [4.78, 5) is 2.04. The second-order valence-electron chi connectivity index (χ2n) is 7.57. The number of nitrogens with two attached hydrogens (primary N) is 1. The number of anilines is 2. The van der Waals surface area contributed by atoms with Crippen molar-refractivity contribution in [1.82, 2.24) is 0 Å². The van der Waals surface area contributed by atoms with E-state index >= 15 is 0 Å². The van der Waals surface area contributed by atoms with Crippen LogP contribution in [0.15, 0.2) is 35.6 Å². The highest BCUT2D eigenvalue weighted by Crippen LogP contribution is 2.40. The molecule has 6 heteroatoms. The molecular formula is C26H45ClN2O3. The Morgan fingerprint density at radius 3 is 2.31 bits per heavy atom. The fourth-order valence-corrected chi connectivity index (χ4v) is 3.70. The molecule has 32 heavy (non-hydrogen) atoms. The van der Waals surface area contributed by atoms with Gasteiger partial charge in [-0.2, -0.15) is 0 Å². The summed E-state index contributed by atoms with van der Waals surface area (Å²) in [5, 5.41) is 0.573. The second kappa shape index (κ2) is 17.8. The molecule has 0 saturated carbocycles. The summed E-state index contributed by atoms with van der Waals surface area (Å²) in [6, 6.07) is 4.02. The molecule has 0 heterocycles. The molecule has 1 rings (SSSR count). The van der Waals surface area contributed by atoms with E-state index in [1.54, 1.807) is 14.2 Å². The van der Waals surface area contributed by atoms with Crippen molar-refractivity contribution >= 4 is 23.0 Å². The Balaban J connectivity index is 0.00000466. The number of hydrogen-bond donors (Lipinski definition) is 1. The Hall–Kier alpha value is -1.69. The monoisotopic (exact) mass is 468 g/mol. The molecule has 0 amide bonds. The van der Waals surface area contributed by atoms with Crippen LogP contribution in [-0.4, -0.2) is 41.2 Å². The fourth-order valence-electron chi connectivity index (χ4n) is 3.54. The molecule has 0 saturated heterocycles. The lowest BCUT2D eigenvalue weighted by Crippen LogP contribution is -2.25.